The number of rotatable bonds is 1. The highest BCUT2D eigenvalue weighted by Gasteiger charge is 2.79. The van der Waals surface area contributed by atoms with Crippen molar-refractivity contribution in [3.63, 3.8) is 0 Å². The number of aliphatic hydroxyl groups excluding tert-OH is 1. The molecule has 2 bridgehead atoms. The van der Waals surface area contributed by atoms with Crippen molar-refractivity contribution in [1.29, 1.82) is 0 Å². The zero-order chi connectivity index (χ0) is 25.4. The van der Waals surface area contributed by atoms with Crippen molar-refractivity contribution < 1.29 is 24.5 Å². The maximum atomic E-state index is 12.9. The van der Waals surface area contributed by atoms with Gasteiger partial charge in [-0.2, -0.15) is 0 Å². The van der Waals surface area contributed by atoms with Gasteiger partial charge in [0.25, 0.3) is 0 Å². The lowest BCUT2D eigenvalue weighted by Gasteiger charge is -2.73. The van der Waals surface area contributed by atoms with Crippen LogP contribution in [0.1, 0.15) is 92.9 Å². The van der Waals surface area contributed by atoms with Crippen LogP contribution in [0.15, 0.2) is 12.2 Å². The van der Waals surface area contributed by atoms with Crippen LogP contribution in [-0.4, -0.2) is 40.3 Å². The van der Waals surface area contributed by atoms with Crippen molar-refractivity contribution in [2.24, 2.45) is 50.2 Å². The van der Waals surface area contributed by atoms with E-state index < -0.39 is 17.5 Å². The quantitative estimate of drug-likeness (QED) is 0.520. The molecule has 194 valence electrons. The average molecular weight is 485 g/mol. The van der Waals surface area contributed by atoms with Crippen LogP contribution in [0, 0.1) is 50.2 Å². The van der Waals surface area contributed by atoms with Crippen LogP contribution < -0.4 is 0 Å². The van der Waals surface area contributed by atoms with Crippen LogP contribution in [0.4, 0.5) is 0 Å². The number of aliphatic hydroxyl groups is 1. The normalized spacial score (nSPS) is 58.1. The van der Waals surface area contributed by atoms with Crippen LogP contribution in [0.2, 0.25) is 0 Å². The first kappa shape index (κ1) is 24.2. The Labute approximate surface area is 210 Å². The molecule has 35 heavy (non-hydrogen) atoms. The first-order valence-corrected chi connectivity index (χ1v) is 13.9. The Balaban J connectivity index is 1.47. The van der Waals surface area contributed by atoms with Gasteiger partial charge < -0.3 is 14.9 Å². The molecule has 5 fully saturated rings. The minimum Gasteiger partial charge on any atom is -0.481 e. The van der Waals surface area contributed by atoms with E-state index in [1.807, 2.05) is 13.0 Å². The molecule has 0 aromatic carbocycles. The first-order valence-electron chi connectivity index (χ1n) is 13.9. The number of aliphatic carboxylic acids is 1. The van der Waals surface area contributed by atoms with Gasteiger partial charge >= 0.3 is 5.97 Å². The smallest absolute Gasteiger partial charge is 0.309 e. The Morgan fingerprint density at radius 3 is 2.29 bits per heavy atom. The van der Waals surface area contributed by atoms with E-state index in [0.717, 1.165) is 38.5 Å². The zero-order valence-electron chi connectivity index (χ0n) is 22.4. The lowest BCUT2D eigenvalue weighted by molar-refractivity contribution is -0.275. The molecular formula is C30H44O5. The number of ketones is 1. The minimum absolute atomic E-state index is 0.0131. The summed E-state index contributed by atoms with van der Waals surface area (Å²) in [7, 11) is 0. The fourth-order valence-corrected chi connectivity index (χ4v) is 11.3. The number of allylic oxidation sites excluding steroid dienone is 2. The van der Waals surface area contributed by atoms with Gasteiger partial charge in [0.15, 0.2) is 5.78 Å². The zero-order valence-corrected chi connectivity index (χ0v) is 22.4. The topological polar surface area (TPSA) is 83.8 Å². The Hall–Kier alpha value is -1.20. The molecule has 5 aliphatic carbocycles. The molecule has 5 nitrogen and oxygen atoms in total. The first-order chi connectivity index (χ1) is 16.1. The highest BCUT2D eigenvalue weighted by molar-refractivity contribution is 5.95. The van der Waals surface area contributed by atoms with Crippen molar-refractivity contribution in [3.8, 4) is 0 Å². The molecule has 0 aromatic heterocycles. The van der Waals surface area contributed by atoms with Gasteiger partial charge in [0.2, 0.25) is 0 Å². The molecular weight excluding hydrogens is 440 g/mol. The summed E-state index contributed by atoms with van der Waals surface area (Å²) in [5.41, 5.74) is -2.14. The Morgan fingerprint density at radius 1 is 0.914 bits per heavy atom. The molecule has 1 saturated heterocycles. The summed E-state index contributed by atoms with van der Waals surface area (Å²) < 4.78 is 6.95. The molecule has 5 heteroatoms. The third kappa shape index (κ3) is 2.45. The summed E-state index contributed by atoms with van der Waals surface area (Å²) in [6, 6.07) is 0. The van der Waals surface area contributed by atoms with E-state index in [1.54, 1.807) is 0 Å². The molecule has 4 saturated carbocycles. The second-order valence-electron chi connectivity index (χ2n) is 15.0. The van der Waals surface area contributed by atoms with E-state index in [1.165, 1.54) is 0 Å². The molecule has 10 atom stereocenters. The van der Waals surface area contributed by atoms with Crippen molar-refractivity contribution in [2.45, 2.75) is 105 Å². The molecule has 0 radical (unpaired) electrons. The third-order valence-electron chi connectivity index (χ3n) is 13.8. The summed E-state index contributed by atoms with van der Waals surface area (Å²) in [5, 5.41) is 21.9. The van der Waals surface area contributed by atoms with Crippen LogP contribution >= 0.6 is 0 Å². The largest absolute Gasteiger partial charge is 0.481 e. The number of fused-ring (bicyclic) bond motifs is 4. The summed E-state index contributed by atoms with van der Waals surface area (Å²) >= 11 is 0. The number of carbonyl (C=O) groups excluding carboxylic acids is 1. The molecule has 2 N–H and O–H groups in total. The standard InChI is InChI=1S/C30H44O5/c1-24(2)18-7-8-19-27(5,26(18,4)10-9-21(24)31)12-14-30-20-15-25(3,23(33)34)11-13-29(20,17-35-30)22(32)16-28(19,30)6/h9-10,18-20,22,32H,7-8,11-17H2,1-6H3,(H,33,34). The highest BCUT2D eigenvalue weighted by Crippen LogP contribution is 2.79. The highest BCUT2D eigenvalue weighted by atomic mass is 16.5. The molecule has 1 spiro atoms. The van der Waals surface area contributed by atoms with Crippen molar-refractivity contribution >= 4 is 11.8 Å². The molecule has 0 aromatic rings. The van der Waals surface area contributed by atoms with Crippen molar-refractivity contribution in [2.75, 3.05) is 6.61 Å². The monoisotopic (exact) mass is 484 g/mol. The summed E-state index contributed by atoms with van der Waals surface area (Å²) in [6.45, 7) is 13.9. The third-order valence-corrected chi connectivity index (χ3v) is 13.8. The Kier molecular flexibility index (Phi) is 4.57. The lowest BCUT2D eigenvalue weighted by atomic mass is 9.31. The average Bonchev–Trinajstić information content (AvgIpc) is 3.07. The number of hydrogen-bond donors (Lipinski definition) is 2. The van der Waals surface area contributed by atoms with Gasteiger partial charge in [0.05, 0.1) is 23.7 Å². The Bertz CT molecular complexity index is 1030. The summed E-state index contributed by atoms with van der Waals surface area (Å²) in [5.74, 6) is 0.259. The Morgan fingerprint density at radius 2 is 1.60 bits per heavy atom. The van der Waals surface area contributed by atoms with Gasteiger partial charge in [-0.05, 0) is 93.0 Å². The van der Waals surface area contributed by atoms with Crippen LogP contribution in [0.25, 0.3) is 0 Å². The van der Waals surface area contributed by atoms with E-state index in [-0.39, 0.29) is 44.4 Å². The maximum absolute atomic E-state index is 12.9. The van der Waals surface area contributed by atoms with E-state index in [0.29, 0.717) is 31.3 Å². The van der Waals surface area contributed by atoms with Gasteiger partial charge in [0, 0.05) is 16.2 Å². The van der Waals surface area contributed by atoms with E-state index in [2.05, 4.69) is 40.7 Å². The molecule has 0 amide bonds. The van der Waals surface area contributed by atoms with Crippen molar-refractivity contribution in [1.82, 2.24) is 0 Å². The maximum Gasteiger partial charge on any atom is 0.309 e. The second-order valence-corrected chi connectivity index (χ2v) is 15.0. The molecule has 1 aliphatic heterocycles. The van der Waals surface area contributed by atoms with Gasteiger partial charge in [-0.25, -0.2) is 0 Å². The van der Waals surface area contributed by atoms with Gasteiger partial charge in [-0.15, -0.1) is 0 Å². The molecule has 10 unspecified atom stereocenters. The second kappa shape index (κ2) is 6.62. The predicted molar refractivity (Wildman–Crippen MR) is 133 cm³/mol. The minimum atomic E-state index is -0.756. The SMILES string of the molecule is CC1(C(=O)O)CCC23COC4(CCC5(C)C(CCC6C(C)(C)C(=O)C=CC65C)C4(C)CC2O)C3C1. The number of carboxylic acid groups (broad SMARTS) is 1. The van der Waals surface area contributed by atoms with E-state index in [4.69, 9.17) is 4.74 Å². The molecule has 6 rings (SSSR count). The van der Waals surface area contributed by atoms with Crippen LogP contribution in [0.3, 0.4) is 0 Å². The fraction of sp³-hybridized carbons (Fsp3) is 0.867. The lowest BCUT2D eigenvalue weighted by Crippen LogP contribution is -2.72. The van der Waals surface area contributed by atoms with E-state index >= 15 is 0 Å². The fourth-order valence-electron chi connectivity index (χ4n) is 11.3. The number of ether oxygens (including phenoxy) is 1. The predicted octanol–water partition coefficient (Wildman–Crippen LogP) is 5.40. The van der Waals surface area contributed by atoms with Gasteiger partial charge in [-0.1, -0.05) is 40.7 Å². The molecule has 1 heterocycles. The van der Waals surface area contributed by atoms with Crippen LogP contribution in [0.5, 0.6) is 0 Å². The summed E-state index contributed by atoms with van der Waals surface area (Å²) in [6.07, 6.45) is 10.3. The van der Waals surface area contributed by atoms with E-state index in [9.17, 15) is 19.8 Å². The summed E-state index contributed by atoms with van der Waals surface area (Å²) in [4.78, 5) is 25.2. The number of carbonyl (C=O) groups is 2. The molecule has 6 aliphatic rings. The van der Waals surface area contributed by atoms with Crippen molar-refractivity contribution in [3.05, 3.63) is 12.2 Å². The number of hydrogen-bond acceptors (Lipinski definition) is 4. The van der Waals surface area contributed by atoms with Gasteiger partial charge in [0.1, 0.15) is 0 Å². The van der Waals surface area contributed by atoms with Crippen LogP contribution in [-0.2, 0) is 14.3 Å². The number of carboxylic acids is 1. The van der Waals surface area contributed by atoms with Gasteiger partial charge in [-0.3, -0.25) is 9.59 Å².